The van der Waals surface area contributed by atoms with Gasteiger partial charge in [0.05, 0.1) is 37.9 Å². The average Bonchev–Trinajstić information content (AvgIpc) is 3.79. The van der Waals surface area contributed by atoms with Crippen LogP contribution in [-0.4, -0.2) is 87.4 Å². The van der Waals surface area contributed by atoms with Crippen molar-refractivity contribution < 1.29 is 58.7 Å². The minimum atomic E-state index is -0.955. The van der Waals surface area contributed by atoms with Gasteiger partial charge in [0.1, 0.15) is 11.3 Å². The van der Waals surface area contributed by atoms with E-state index in [4.69, 9.17) is 53.0 Å². The van der Waals surface area contributed by atoms with Crippen LogP contribution >= 0.6 is 23.2 Å². The summed E-state index contributed by atoms with van der Waals surface area (Å²) in [5, 5.41) is 35.6. The third kappa shape index (κ3) is 20.2. The van der Waals surface area contributed by atoms with Crippen LogP contribution < -0.4 is 10.2 Å². The molecule has 1 saturated carbocycles. The van der Waals surface area contributed by atoms with Gasteiger partial charge in [-0.1, -0.05) is 106 Å². The Morgan fingerprint density at radius 1 is 0.857 bits per heavy atom. The molecule has 0 bridgehead atoms. The zero-order valence-electron chi connectivity index (χ0n) is 40.6. The van der Waals surface area contributed by atoms with Crippen molar-refractivity contribution in [2.75, 3.05) is 27.3 Å². The molecule has 1 aromatic heterocycles. The number of ketones is 1. The Morgan fingerprint density at radius 3 is 2.10 bits per heavy atom. The highest BCUT2D eigenvalue weighted by molar-refractivity contribution is 6.32. The molecule has 5 aromatic rings. The highest BCUT2D eigenvalue weighted by Gasteiger charge is 2.21. The predicted octanol–water partition coefficient (Wildman–Crippen LogP) is 12.1. The molecule has 1 aliphatic carbocycles. The van der Waals surface area contributed by atoms with Crippen LogP contribution in [0.1, 0.15) is 137 Å². The maximum absolute atomic E-state index is 11.9. The average molecular weight is 1010 g/mol. The molecule has 17 heteroatoms. The van der Waals surface area contributed by atoms with Crippen molar-refractivity contribution in [2.24, 2.45) is 5.92 Å². The topological polar surface area (TPSA) is 226 Å². The van der Waals surface area contributed by atoms with Gasteiger partial charge in [0.25, 0.3) is 0 Å². The molecule has 0 radical (unpaired) electrons. The van der Waals surface area contributed by atoms with E-state index in [2.05, 4.69) is 23.7 Å². The fourth-order valence-corrected chi connectivity index (χ4v) is 7.79. The summed E-state index contributed by atoms with van der Waals surface area (Å²) in [6.45, 7) is 6.63. The Balaban J connectivity index is 0.000000251. The molecule has 2 atom stereocenters. The van der Waals surface area contributed by atoms with Crippen molar-refractivity contribution in [1.82, 2.24) is 15.4 Å². The summed E-state index contributed by atoms with van der Waals surface area (Å²) in [4.78, 5) is 65.7. The van der Waals surface area contributed by atoms with Crippen molar-refractivity contribution in [3.8, 4) is 17.2 Å². The number of Topliss-reactive ketones (excluding diaryl/α,β-unsaturated/α-hetero) is 1. The summed E-state index contributed by atoms with van der Waals surface area (Å²) in [5.74, 6) is -1.38. The van der Waals surface area contributed by atoms with E-state index in [1.54, 1.807) is 69.0 Å². The number of carboxylic acids is 2. The zero-order valence-corrected chi connectivity index (χ0v) is 42.1. The lowest BCUT2D eigenvalue weighted by Gasteiger charge is -2.23. The second-order valence-electron chi connectivity index (χ2n) is 17.1. The molecule has 70 heavy (non-hydrogen) atoms. The van der Waals surface area contributed by atoms with E-state index in [0.29, 0.717) is 50.7 Å². The predicted molar refractivity (Wildman–Crippen MR) is 270 cm³/mol. The molecule has 0 aliphatic heterocycles. The van der Waals surface area contributed by atoms with Gasteiger partial charge < -0.3 is 24.3 Å². The minimum absolute atomic E-state index is 0.0162. The SMILES string of the molecule is CC(C(=O)O)c1ccc2oc(-c3ccc(Cl)cc3)nc2c1.CCCCC(COO)C(=O)N(C)C.CCCCOc1ccc(CC(=O)NO)cc1.O=C(O)CCC(=O)c1ccc(C2CCCCC2)c(Cl)c1. The van der Waals surface area contributed by atoms with Gasteiger partial charge in [0.15, 0.2) is 11.4 Å². The van der Waals surface area contributed by atoms with E-state index >= 15 is 0 Å². The lowest BCUT2D eigenvalue weighted by atomic mass is 9.83. The first-order valence-corrected chi connectivity index (χ1v) is 24.3. The number of aromatic nitrogens is 1. The minimum Gasteiger partial charge on any atom is -0.494 e. The van der Waals surface area contributed by atoms with Gasteiger partial charge in [-0.25, -0.2) is 15.4 Å². The number of ether oxygens (including phenoxy) is 1. The van der Waals surface area contributed by atoms with Crippen LogP contribution in [0.25, 0.3) is 22.6 Å². The number of carbonyl (C=O) groups is 5. The van der Waals surface area contributed by atoms with Crippen molar-refractivity contribution >= 4 is 63.8 Å². The molecular weight excluding hydrogens is 941 g/mol. The monoisotopic (exact) mass is 1010 g/mol. The third-order valence-corrected chi connectivity index (χ3v) is 12.0. The molecular formula is C53H67Cl2N3O12. The molecule has 1 aliphatic rings. The van der Waals surface area contributed by atoms with Crippen molar-refractivity contribution in [2.45, 2.75) is 116 Å². The molecule has 5 N–H and O–H groups in total. The van der Waals surface area contributed by atoms with E-state index in [0.717, 1.165) is 67.4 Å². The summed E-state index contributed by atoms with van der Waals surface area (Å²) >= 11 is 12.2. The number of hydrogen-bond acceptors (Lipinski definition) is 11. The van der Waals surface area contributed by atoms with E-state index in [1.807, 2.05) is 42.5 Å². The van der Waals surface area contributed by atoms with E-state index in [9.17, 15) is 24.0 Å². The smallest absolute Gasteiger partial charge is 0.310 e. The van der Waals surface area contributed by atoms with Crippen LogP contribution in [0.3, 0.4) is 0 Å². The maximum atomic E-state index is 11.9. The van der Waals surface area contributed by atoms with Crippen LogP contribution in [0.15, 0.2) is 89.3 Å². The highest BCUT2D eigenvalue weighted by Crippen LogP contribution is 2.37. The van der Waals surface area contributed by atoms with Crippen LogP contribution in [0, 0.1) is 5.92 Å². The van der Waals surface area contributed by atoms with Gasteiger partial charge in [-0.05, 0) is 110 Å². The number of hydrogen-bond donors (Lipinski definition) is 5. The lowest BCUT2D eigenvalue weighted by molar-refractivity contribution is -0.250. The number of amides is 2. The summed E-state index contributed by atoms with van der Waals surface area (Å²) in [6.07, 6.45) is 11.1. The summed E-state index contributed by atoms with van der Waals surface area (Å²) < 4.78 is 11.2. The van der Waals surface area contributed by atoms with Gasteiger partial charge >= 0.3 is 11.9 Å². The second kappa shape index (κ2) is 31.4. The summed E-state index contributed by atoms with van der Waals surface area (Å²) in [5.41, 5.74) is 6.87. The summed E-state index contributed by atoms with van der Waals surface area (Å²) in [6, 6.07) is 25.1. The first-order chi connectivity index (χ1) is 33.5. The Labute approximate surface area is 420 Å². The van der Waals surface area contributed by atoms with Crippen molar-refractivity contribution in [1.29, 1.82) is 0 Å². The molecule has 0 saturated heterocycles. The molecule has 380 valence electrons. The van der Waals surface area contributed by atoms with E-state index in [1.165, 1.54) is 24.2 Å². The summed E-state index contributed by atoms with van der Waals surface area (Å²) in [7, 11) is 3.41. The zero-order chi connectivity index (χ0) is 51.6. The van der Waals surface area contributed by atoms with E-state index in [-0.39, 0.29) is 43.5 Å². The number of halogens is 2. The van der Waals surface area contributed by atoms with Gasteiger partial charge in [-0.2, -0.15) is 0 Å². The molecule has 2 unspecified atom stereocenters. The molecule has 15 nitrogen and oxygen atoms in total. The van der Waals surface area contributed by atoms with Gasteiger partial charge in [0.2, 0.25) is 17.7 Å². The Morgan fingerprint density at radius 2 is 1.53 bits per heavy atom. The number of rotatable bonds is 20. The fourth-order valence-electron chi connectivity index (χ4n) is 7.33. The first-order valence-electron chi connectivity index (χ1n) is 23.6. The molecule has 2 amide bonds. The number of carboxylic acid groups (broad SMARTS) is 2. The normalized spacial score (nSPS) is 12.9. The van der Waals surface area contributed by atoms with E-state index < -0.39 is 23.8 Å². The Kier molecular flexibility index (Phi) is 26.2. The molecule has 6 rings (SSSR count). The number of aliphatic carboxylic acids is 2. The number of nitrogens with zero attached hydrogens (tertiary/aromatic N) is 2. The van der Waals surface area contributed by atoms with Gasteiger partial charge in [0, 0.05) is 41.7 Å². The number of nitrogens with one attached hydrogen (secondary N) is 1. The lowest BCUT2D eigenvalue weighted by Crippen LogP contribution is -2.32. The highest BCUT2D eigenvalue weighted by atomic mass is 35.5. The first kappa shape index (κ1) is 58.5. The van der Waals surface area contributed by atoms with Gasteiger partial charge in [-0.15, -0.1) is 0 Å². The Bertz CT molecular complexity index is 2400. The Hall–Kier alpha value is -5.84. The van der Waals surface area contributed by atoms with Crippen LogP contribution in [0.4, 0.5) is 0 Å². The fraction of sp³-hybridized carbons (Fsp3) is 0.434. The van der Waals surface area contributed by atoms with Crippen molar-refractivity contribution in [3.05, 3.63) is 117 Å². The number of hydroxylamine groups is 1. The number of oxazole rings is 1. The molecule has 0 spiro atoms. The molecule has 1 heterocycles. The number of unbranched alkanes of at least 4 members (excludes halogenated alkanes) is 2. The van der Waals surface area contributed by atoms with Crippen LogP contribution in [0.2, 0.25) is 10.0 Å². The van der Waals surface area contributed by atoms with Crippen molar-refractivity contribution in [3.63, 3.8) is 0 Å². The van der Waals surface area contributed by atoms with Gasteiger partial charge in [-0.3, -0.25) is 34.4 Å². The molecule has 1 fully saturated rings. The second-order valence-corrected chi connectivity index (χ2v) is 18.0. The van der Waals surface area contributed by atoms with Crippen LogP contribution in [-0.2, 0) is 30.5 Å². The molecule has 4 aromatic carbocycles. The maximum Gasteiger partial charge on any atom is 0.310 e. The number of benzene rings is 4. The number of fused-ring (bicyclic) bond motifs is 1. The standard InChI is InChI=1S/C16H12ClNO3.C16H19ClO3.C12H17NO3.C9H19NO3/c1-9(16(19)20)11-4-7-14-13(8-11)18-15(21-14)10-2-5-12(17)6-3-10;17-14-10-12(15(18)8-9-16(19)20)6-7-13(14)11-4-2-1-3-5-11;1-2-3-8-16-11-6-4-10(5-7-11)9-12(14)13-15;1-4-5-6-8(7-13-12)9(11)10(2)3/h2-9H,1H3,(H,19,20);6-7,10-11H,1-5,8-9H2,(H,19,20);4-7,15H,2-3,8-9H2,1H3,(H,13,14);8,12H,4-7H2,1-3H3. The third-order valence-electron chi connectivity index (χ3n) is 11.5. The largest absolute Gasteiger partial charge is 0.494 e. The van der Waals surface area contributed by atoms with Crippen LogP contribution in [0.5, 0.6) is 5.75 Å². The number of carbonyl (C=O) groups excluding carboxylic acids is 3. The quantitative estimate of drug-likeness (QED) is 0.0161.